The number of furan rings is 1. The van der Waals surface area contributed by atoms with Crippen molar-refractivity contribution < 1.29 is 18.7 Å². The number of carbonyl (C=O) groups excluding carboxylic acids is 2. The molecule has 2 heterocycles. The highest BCUT2D eigenvalue weighted by Crippen LogP contribution is 2.22. The Kier molecular flexibility index (Phi) is 5.00. The van der Waals surface area contributed by atoms with Crippen molar-refractivity contribution in [2.45, 2.75) is 13.1 Å². The van der Waals surface area contributed by atoms with Gasteiger partial charge in [-0.15, -0.1) is 0 Å². The normalized spacial score (nSPS) is 13.7. The molecule has 1 aromatic heterocycles. The molecule has 0 atom stereocenters. The maximum atomic E-state index is 12.1. The van der Waals surface area contributed by atoms with Crippen molar-refractivity contribution in [2.75, 3.05) is 19.7 Å². The minimum Gasteiger partial charge on any atom is -0.483 e. The van der Waals surface area contributed by atoms with Gasteiger partial charge in [-0.05, 0) is 18.2 Å². The molecule has 0 saturated heterocycles. The van der Waals surface area contributed by atoms with Crippen LogP contribution in [0.4, 0.5) is 4.79 Å². The van der Waals surface area contributed by atoms with Gasteiger partial charge in [0.2, 0.25) is 0 Å². The topological polar surface area (TPSA) is 83.8 Å². The highest BCUT2D eigenvalue weighted by molar-refractivity contribution is 5.78. The molecule has 1 aliphatic heterocycles. The Bertz CT molecular complexity index is 700. The number of hydrogen-bond donors (Lipinski definition) is 2. The highest BCUT2D eigenvalue weighted by Gasteiger charge is 2.20. The summed E-state index contributed by atoms with van der Waals surface area (Å²) in [5.41, 5.74) is 0.964. The van der Waals surface area contributed by atoms with Gasteiger partial charge in [-0.2, -0.15) is 0 Å². The fraction of sp³-hybridized carbons (Fsp3) is 0.294. The number of rotatable bonds is 5. The number of urea groups is 1. The summed E-state index contributed by atoms with van der Waals surface area (Å²) < 4.78 is 10.6. The van der Waals surface area contributed by atoms with Gasteiger partial charge in [0.15, 0.2) is 6.61 Å². The summed E-state index contributed by atoms with van der Waals surface area (Å²) in [5.74, 6) is 1.32. The third kappa shape index (κ3) is 4.07. The Morgan fingerprint density at radius 1 is 1.17 bits per heavy atom. The monoisotopic (exact) mass is 329 g/mol. The van der Waals surface area contributed by atoms with E-state index in [-0.39, 0.29) is 18.5 Å². The number of carbonyl (C=O) groups is 2. The van der Waals surface area contributed by atoms with Crippen molar-refractivity contribution in [3.05, 3.63) is 54.0 Å². The van der Waals surface area contributed by atoms with Crippen LogP contribution in [0, 0.1) is 0 Å². The van der Waals surface area contributed by atoms with Crippen molar-refractivity contribution in [3.8, 4) is 5.75 Å². The van der Waals surface area contributed by atoms with E-state index in [1.165, 1.54) is 0 Å². The predicted octanol–water partition coefficient (Wildman–Crippen LogP) is 1.50. The smallest absolute Gasteiger partial charge is 0.315 e. The van der Waals surface area contributed by atoms with E-state index in [1.54, 1.807) is 23.3 Å². The van der Waals surface area contributed by atoms with Crippen molar-refractivity contribution in [3.63, 3.8) is 0 Å². The Hall–Kier alpha value is -2.96. The lowest BCUT2D eigenvalue weighted by atomic mass is 10.2. The summed E-state index contributed by atoms with van der Waals surface area (Å²) in [6.07, 6.45) is 1.56. The second-order valence-corrected chi connectivity index (χ2v) is 5.40. The molecule has 7 nitrogen and oxygen atoms in total. The lowest BCUT2D eigenvalue weighted by Crippen LogP contribution is -2.42. The zero-order valence-electron chi connectivity index (χ0n) is 13.2. The van der Waals surface area contributed by atoms with Crippen molar-refractivity contribution in [2.24, 2.45) is 0 Å². The number of nitrogens with one attached hydrogen (secondary N) is 2. The standard InChI is InChI=1S/C17H19N3O4/c21-16-12-24-15-6-2-1-4-13(15)11-20(16)8-7-18-17(22)19-10-14-5-3-9-23-14/h1-6,9H,7-8,10-12H2,(H2,18,19,22). The minimum absolute atomic E-state index is 0.0156. The Morgan fingerprint density at radius 2 is 2.04 bits per heavy atom. The number of nitrogens with zero attached hydrogens (tertiary/aromatic N) is 1. The van der Waals surface area contributed by atoms with Crippen LogP contribution in [0.3, 0.4) is 0 Å². The molecule has 0 aliphatic carbocycles. The summed E-state index contributed by atoms with van der Waals surface area (Å²) >= 11 is 0. The first kappa shape index (κ1) is 15.9. The molecule has 2 aromatic rings. The van der Waals surface area contributed by atoms with Crippen molar-refractivity contribution in [1.82, 2.24) is 15.5 Å². The first-order valence-electron chi connectivity index (χ1n) is 7.75. The molecule has 1 aromatic carbocycles. The third-order valence-corrected chi connectivity index (χ3v) is 3.71. The zero-order chi connectivity index (χ0) is 16.8. The summed E-state index contributed by atoms with van der Waals surface area (Å²) in [4.78, 5) is 25.5. The fourth-order valence-electron chi connectivity index (χ4n) is 2.45. The molecule has 2 N–H and O–H groups in total. The van der Waals surface area contributed by atoms with E-state index < -0.39 is 0 Å². The van der Waals surface area contributed by atoms with Crippen LogP contribution in [0.2, 0.25) is 0 Å². The maximum Gasteiger partial charge on any atom is 0.315 e. The van der Waals surface area contributed by atoms with E-state index in [9.17, 15) is 9.59 Å². The van der Waals surface area contributed by atoms with Crippen LogP contribution >= 0.6 is 0 Å². The SMILES string of the molecule is O=C(NCCN1Cc2ccccc2OCC1=O)NCc1ccco1. The van der Waals surface area contributed by atoms with E-state index in [1.807, 2.05) is 24.3 Å². The van der Waals surface area contributed by atoms with E-state index in [0.29, 0.717) is 31.9 Å². The van der Waals surface area contributed by atoms with E-state index in [0.717, 1.165) is 11.3 Å². The molecule has 0 radical (unpaired) electrons. The number of hydrogen-bond acceptors (Lipinski definition) is 4. The van der Waals surface area contributed by atoms with Gasteiger partial charge in [-0.25, -0.2) is 4.79 Å². The molecule has 1 aliphatic rings. The molecule has 0 spiro atoms. The van der Waals surface area contributed by atoms with Crippen LogP contribution in [0.1, 0.15) is 11.3 Å². The molecule has 24 heavy (non-hydrogen) atoms. The Labute approximate surface area is 139 Å². The molecule has 7 heteroatoms. The van der Waals surface area contributed by atoms with Crippen LogP contribution in [0.5, 0.6) is 5.75 Å². The number of benzene rings is 1. The largest absolute Gasteiger partial charge is 0.483 e. The number of fused-ring (bicyclic) bond motifs is 1. The summed E-state index contributed by atoms with van der Waals surface area (Å²) in [6, 6.07) is 10.8. The van der Waals surface area contributed by atoms with Crippen LogP contribution in [0.25, 0.3) is 0 Å². The maximum absolute atomic E-state index is 12.1. The van der Waals surface area contributed by atoms with Crippen molar-refractivity contribution >= 4 is 11.9 Å². The van der Waals surface area contributed by atoms with Gasteiger partial charge in [0.05, 0.1) is 12.8 Å². The van der Waals surface area contributed by atoms with Crippen LogP contribution in [0.15, 0.2) is 47.1 Å². The average molecular weight is 329 g/mol. The first-order chi connectivity index (χ1) is 11.7. The van der Waals surface area contributed by atoms with E-state index in [4.69, 9.17) is 9.15 Å². The van der Waals surface area contributed by atoms with Gasteiger partial charge in [0.1, 0.15) is 11.5 Å². The molecule has 126 valence electrons. The second-order valence-electron chi connectivity index (χ2n) is 5.40. The lowest BCUT2D eigenvalue weighted by molar-refractivity contribution is -0.133. The molecular weight excluding hydrogens is 310 g/mol. The molecule has 0 fully saturated rings. The van der Waals surface area contributed by atoms with E-state index >= 15 is 0 Å². The van der Waals surface area contributed by atoms with Crippen molar-refractivity contribution in [1.29, 1.82) is 0 Å². The molecule has 0 bridgehead atoms. The third-order valence-electron chi connectivity index (χ3n) is 3.71. The highest BCUT2D eigenvalue weighted by atomic mass is 16.5. The second kappa shape index (κ2) is 7.54. The predicted molar refractivity (Wildman–Crippen MR) is 86.3 cm³/mol. The number of amides is 3. The summed E-state index contributed by atoms with van der Waals surface area (Å²) in [5, 5.41) is 5.42. The number of para-hydroxylation sites is 1. The van der Waals surface area contributed by atoms with E-state index in [2.05, 4.69) is 10.6 Å². The van der Waals surface area contributed by atoms with Gasteiger partial charge in [0.25, 0.3) is 5.91 Å². The quantitative estimate of drug-likeness (QED) is 0.871. The molecule has 3 amide bonds. The van der Waals surface area contributed by atoms with Gasteiger partial charge in [-0.3, -0.25) is 4.79 Å². The lowest BCUT2D eigenvalue weighted by Gasteiger charge is -2.20. The van der Waals surface area contributed by atoms with Crippen LogP contribution in [-0.2, 0) is 17.9 Å². The molecule has 0 unspecified atom stereocenters. The van der Waals surface area contributed by atoms with Crippen LogP contribution in [-0.4, -0.2) is 36.5 Å². The molecule has 0 saturated carbocycles. The summed E-state index contributed by atoms with van der Waals surface area (Å²) in [6.45, 7) is 1.59. The van der Waals surface area contributed by atoms with Gasteiger partial charge >= 0.3 is 6.03 Å². The van der Waals surface area contributed by atoms with Crippen LogP contribution < -0.4 is 15.4 Å². The Morgan fingerprint density at radius 3 is 2.88 bits per heavy atom. The molecular formula is C17H19N3O4. The molecule has 3 rings (SSSR count). The van der Waals surface area contributed by atoms with Gasteiger partial charge < -0.3 is 24.7 Å². The Balaban J connectivity index is 1.45. The first-order valence-corrected chi connectivity index (χ1v) is 7.75. The van der Waals surface area contributed by atoms with Gasteiger partial charge in [0, 0.05) is 25.2 Å². The fourth-order valence-corrected chi connectivity index (χ4v) is 2.45. The summed E-state index contributed by atoms with van der Waals surface area (Å²) in [7, 11) is 0. The van der Waals surface area contributed by atoms with Gasteiger partial charge in [-0.1, -0.05) is 18.2 Å². The average Bonchev–Trinajstić information content (AvgIpc) is 3.06. The number of ether oxygens (including phenoxy) is 1. The zero-order valence-corrected chi connectivity index (χ0v) is 13.2. The minimum atomic E-state index is -0.301.